The molecule has 4 amide bonds. The largest absolute Gasteiger partial charge is 0.464 e. The fraction of sp³-hybridized carbons (Fsp3) is 0.842. The van der Waals surface area contributed by atoms with E-state index in [0.29, 0.717) is 37.1 Å². The molecule has 4 saturated carbocycles. The molecular weight excluding hydrogens is 640 g/mol. The van der Waals surface area contributed by atoms with Gasteiger partial charge in [0.15, 0.2) is 0 Å². The number of carbonyl (C=O) groups is 6. The van der Waals surface area contributed by atoms with Gasteiger partial charge in [-0.15, -0.1) is 0 Å². The molecule has 0 aromatic heterocycles. The van der Waals surface area contributed by atoms with Crippen LogP contribution >= 0.6 is 0 Å². The smallest absolute Gasteiger partial charge is 0.328 e. The van der Waals surface area contributed by atoms with E-state index in [4.69, 9.17) is 9.47 Å². The van der Waals surface area contributed by atoms with Gasteiger partial charge in [-0.05, 0) is 121 Å². The monoisotopic (exact) mass is 702 g/mol. The second-order valence-corrected chi connectivity index (χ2v) is 17.2. The van der Waals surface area contributed by atoms with Gasteiger partial charge in [-0.2, -0.15) is 0 Å². The molecule has 1 heterocycles. The first-order chi connectivity index (χ1) is 23.4. The van der Waals surface area contributed by atoms with Crippen molar-refractivity contribution in [3.05, 3.63) is 0 Å². The molecule has 0 aromatic carbocycles. The Labute approximate surface area is 298 Å². The molecule has 12 heteroatoms. The van der Waals surface area contributed by atoms with Gasteiger partial charge in [0.1, 0.15) is 29.8 Å². The van der Waals surface area contributed by atoms with E-state index in [2.05, 4.69) is 16.0 Å². The highest BCUT2D eigenvalue weighted by Crippen LogP contribution is 2.60. The summed E-state index contributed by atoms with van der Waals surface area (Å²) in [5.41, 5.74) is -1.10. The number of amides is 4. The van der Waals surface area contributed by atoms with Crippen molar-refractivity contribution >= 4 is 35.6 Å². The molecule has 1 saturated heterocycles. The van der Waals surface area contributed by atoms with Crippen molar-refractivity contribution < 1.29 is 38.2 Å². The van der Waals surface area contributed by atoms with Gasteiger partial charge >= 0.3 is 11.9 Å². The molecule has 0 spiro atoms. The number of ether oxygens (including phenoxy) is 2. The first kappa shape index (κ1) is 39.6. The number of hydrogen-bond acceptors (Lipinski definition) is 8. The van der Waals surface area contributed by atoms with E-state index in [1.807, 2.05) is 13.8 Å². The summed E-state index contributed by atoms with van der Waals surface area (Å²) < 4.78 is 10.6. The standard InChI is InChI=1S/C38H62N4O8/c1-9-49-35(47)31(23(4)5)41-32(44)27(12-13-30(43)50-37(6,7)8)39-33(45)28(15-22(2)3)40-34(46)29-11-10-14-42(29)36(48)38-19-24-16-25(20-38)18-26(17-24)21-38/h22-29,31H,9-21H2,1-8H3,(H,39,45)(H,40,46)(H,41,44)/t24?,25?,26?,27-,28-,29-,31-,38?/m0/s1. The van der Waals surface area contributed by atoms with Crippen LogP contribution in [0.5, 0.6) is 0 Å². The molecule has 0 radical (unpaired) electrons. The van der Waals surface area contributed by atoms with Crippen LogP contribution in [0.15, 0.2) is 0 Å². The molecule has 5 rings (SSSR count). The molecule has 5 fully saturated rings. The molecule has 3 N–H and O–H groups in total. The molecule has 4 atom stereocenters. The van der Waals surface area contributed by atoms with E-state index in [-0.39, 0.29) is 48.5 Å². The van der Waals surface area contributed by atoms with Crippen molar-refractivity contribution in [3.63, 3.8) is 0 Å². The third-order valence-corrected chi connectivity index (χ3v) is 10.8. The lowest BCUT2D eigenvalue weighted by atomic mass is 9.49. The number of nitrogens with zero attached hydrogens (tertiary/aromatic N) is 1. The minimum Gasteiger partial charge on any atom is -0.464 e. The van der Waals surface area contributed by atoms with Gasteiger partial charge < -0.3 is 30.3 Å². The predicted octanol–water partition coefficient (Wildman–Crippen LogP) is 4.04. The Hall–Kier alpha value is -3.18. The van der Waals surface area contributed by atoms with Gasteiger partial charge in [0.25, 0.3) is 0 Å². The van der Waals surface area contributed by atoms with E-state index >= 15 is 0 Å². The second-order valence-electron chi connectivity index (χ2n) is 17.2. The molecule has 5 aliphatic rings. The summed E-state index contributed by atoms with van der Waals surface area (Å²) in [6, 6.07) is -3.80. The van der Waals surface area contributed by atoms with Crippen LogP contribution < -0.4 is 16.0 Å². The van der Waals surface area contributed by atoms with Crippen LogP contribution in [0, 0.1) is 35.0 Å². The highest BCUT2D eigenvalue weighted by molar-refractivity contribution is 5.96. The zero-order valence-corrected chi connectivity index (χ0v) is 31.6. The third-order valence-electron chi connectivity index (χ3n) is 10.8. The van der Waals surface area contributed by atoms with Crippen LogP contribution in [-0.2, 0) is 38.2 Å². The third kappa shape index (κ3) is 9.99. The summed E-state index contributed by atoms with van der Waals surface area (Å²) in [6.07, 6.45) is 7.73. The van der Waals surface area contributed by atoms with E-state index < -0.39 is 53.5 Å². The lowest BCUT2D eigenvalue weighted by molar-refractivity contribution is -0.160. The predicted molar refractivity (Wildman–Crippen MR) is 187 cm³/mol. The van der Waals surface area contributed by atoms with Crippen LogP contribution in [0.4, 0.5) is 0 Å². The Bertz CT molecular complexity index is 1240. The molecule has 50 heavy (non-hydrogen) atoms. The van der Waals surface area contributed by atoms with Crippen molar-refractivity contribution in [1.29, 1.82) is 0 Å². The molecular formula is C38H62N4O8. The van der Waals surface area contributed by atoms with Crippen molar-refractivity contribution in [2.45, 2.75) is 156 Å². The number of hydrogen-bond donors (Lipinski definition) is 3. The van der Waals surface area contributed by atoms with Crippen LogP contribution in [0.1, 0.15) is 126 Å². The Balaban J connectivity index is 1.48. The molecule has 4 aliphatic carbocycles. The molecule has 282 valence electrons. The molecule has 1 aliphatic heterocycles. The van der Waals surface area contributed by atoms with Crippen LogP contribution in [0.2, 0.25) is 0 Å². The van der Waals surface area contributed by atoms with Crippen LogP contribution in [0.25, 0.3) is 0 Å². The first-order valence-electron chi connectivity index (χ1n) is 19.0. The Kier molecular flexibility index (Phi) is 13.0. The zero-order valence-electron chi connectivity index (χ0n) is 31.6. The summed E-state index contributed by atoms with van der Waals surface area (Å²) in [7, 11) is 0. The van der Waals surface area contributed by atoms with Gasteiger partial charge in [-0.1, -0.05) is 27.7 Å². The van der Waals surface area contributed by atoms with Crippen molar-refractivity contribution in [2.75, 3.05) is 13.2 Å². The van der Waals surface area contributed by atoms with Gasteiger partial charge in [0.2, 0.25) is 23.6 Å². The summed E-state index contributed by atoms with van der Waals surface area (Å²) in [5, 5.41) is 8.41. The van der Waals surface area contributed by atoms with Gasteiger partial charge in [0, 0.05) is 13.0 Å². The normalized spacial score (nSPS) is 27.4. The molecule has 12 nitrogen and oxygen atoms in total. The van der Waals surface area contributed by atoms with Crippen molar-refractivity contribution in [1.82, 2.24) is 20.9 Å². The first-order valence-corrected chi connectivity index (χ1v) is 19.0. The molecule has 4 bridgehead atoms. The van der Waals surface area contributed by atoms with Crippen LogP contribution in [-0.4, -0.2) is 83.4 Å². The van der Waals surface area contributed by atoms with Gasteiger partial charge in [0.05, 0.1) is 12.0 Å². The van der Waals surface area contributed by atoms with Gasteiger partial charge in [-0.3, -0.25) is 24.0 Å². The van der Waals surface area contributed by atoms with Crippen molar-refractivity contribution in [2.24, 2.45) is 35.0 Å². The lowest BCUT2D eigenvalue weighted by Crippen LogP contribution is -2.60. The van der Waals surface area contributed by atoms with Gasteiger partial charge in [-0.25, -0.2) is 4.79 Å². The maximum absolute atomic E-state index is 14.2. The second kappa shape index (κ2) is 16.4. The van der Waals surface area contributed by atoms with E-state index in [1.165, 1.54) is 19.3 Å². The fourth-order valence-corrected chi connectivity index (χ4v) is 9.11. The molecule has 0 aromatic rings. The van der Waals surface area contributed by atoms with Crippen molar-refractivity contribution in [3.8, 4) is 0 Å². The van der Waals surface area contributed by atoms with E-state index in [9.17, 15) is 28.8 Å². The number of nitrogens with one attached hydrogen (secondary N) is 3. The fourth-order valence-electron chi connectivity index (χ4n) is 9.11. The van der Waals surface area contributed by atoms with Crippen LogP contribution in [0.3, 0.4) is 0 Å². The topological polar surface area (TPSA) is 160 Å². The maximum atomic E-state index is 14.2. The summed E-state index contributed by atoms with van der Waals surface area (Å²) >= 11 is 0. The van der Waals surface area contributed by atoms with E-state index in [0.717, 1.165) is 25.7 Å². The number of likely N-dealkylation sites (tertiary alicyclic amines) is 1. The number of carbonyl (C=O) groups excluding carboxylic acids is 6. The summed E-state index contributed by atoms with van der Waals surface area (Å²) in [5.74, 6) is -1.08. The quantitative estimate of drug-likeness (QED) is 0.216. The SMILES string of the molecule is CCOC(=O)[C@@H](NC(=O)[C@H](CCC(=O)OC(C)(C)C)NC(=O)[C@H](CC(C)C)NC(=O)[C@@H]1CCCN1C(=O)C12CC3CC(CC(C3)C1)C2)C(C)C. The Morgan fingerprint density at radius 2 is 1.42 bits per heavy atom. The Morgan fingerprint density at radius 3 is 1.94 bits per heavy atom. The molecule has 0 unspecified atom stereocenters. The Morgan fingerprint density at radius 1 is 0.840 bits per heavy atom. The minimum atomic E-state index is -1.20. The lowest BCUT2D eigenvalue weighted by Gasteiger charge is -2.56. The number of rotatable bonds is 15. The number of esters is 2. The average molecular weight is 703 g/mol. The highest BCUT2D eigenvalue weighted by atomic mass is 16.6. The maximum Gasteiger partial charge on any atom is 0.328 e. The van der Waals surface area contributed by atoms with E-state index in [1.54, 1.807) is 46.4 Å². The summed E-state index contributed by atoms with van der Waals surface area (Å²) in [6.45, 7) is 15.0. The zero-order chi connectivity index (χ0) is 37.0. The highest BCUT2D eigenvalue weighted by Gasteiger charge is 2.57. The summed E-state index contributed by atoms with van der Waals surface area (Å²) in [4.78, 5) is 82.8. The average Bonchev–Trinajstić information content (AvgIpc) is 3.49. The minimum absolute atomic E-state index is 0.0163.